The Kier molecular flexibility index (Phi) is 7.90. The second-order valence-corrected chi connectivity index (χ2v) is 8.64. The smallest absolute Gasteiger partial charge is 0.172 e. The molecular formula is C22H39NO3. The molecule has 0 saturated carbocycles. The quantitative estimate of drug-likeness (QED) is 0.536. The second kappa shape index (κ2) is 9.50. The Bertz CT molecular complexity index is 486. The van der Waals surface area contributed by atoms with E-state index in [0.29, 0.717) is 12.5 Å². The molecule has 4 nitrogen and oxygen atoms in total. The second-order valence-electron chi connectivity index (χ2n) is 8.64. The van der Waals surface area contributed by atoms with Gasteiger partial charge in [0, 0.05) is 39.6 Å². The lowest BCUT2D eigenvalue weighted by atomic mass is 9.70. The van der Waals surface area contributed by atoms with Gasteiger partial charge in [0.2, 0.25) is 0 Å². The number of hydrogen-bond donors (Lipinski definition) is 0. The van der Waals surface area contributed by atoms with Gasteiger partial charge in [-0.2, -0.15) is 0 Å². The van der Waals surface area contributed by atoms with Crippen molar-refractivity contribution in [2.24, 2.45) is 11.3 Å². The lowest BCUT2D eigenvalue weighted by Gasteiger charge is -2.39. The number of methoxy groups -OCH3 is 1. The summed E-state index contributed by atoms with van der Waals surface area (Å²) in [5.74, 6) is 0.265. The van der Waals surface area contributed by atoms with E-state index in [2.05, 4.69) is 45.2 Å². The largest absolute Gasteiger partial charge is 0.383 e. The van der Waals surface area contributed by atoms with Crippen molar-refractivity contribution in [2.75, 3.05) is 40.0 Å². The number of ether oxygens (including phenoxy) is 3. The Hall–Kier alpha value is -0.680. The lowest BCUT2D eigenvalue weighted by Crippen LogP contribution is -2.36. The van der Waals surface area contributed by atoms with Gasteiger partial charge in [-0.3, -0.25) is 4.90 Å². The monoisotopic (exact) mass is 365 g/mol. The Morgan fingerprint density at radius 1 is 1.42 bits per heavy atom. The standard InChI is InChI=1S/C22H39NO3/c1-7-13-23(15-16-24-6)14-10-20-17-25-22(26-20)11-8-19(9-12-22)21(4,5)18(2)3/h7-8,18,20H,1,9-17H2,2-6H3. The van der Waals surface area contributed by atoms with E-state index in [4.69, 9.17) is 14.2 Å². The molecule has 2 rings (SSSR count). The van der Waals surface area contributed by atoms with E-state index in [0.717, 1.165) is 51.9 Å². The molecule has 1 heterocycles. The van der Waals surface area contributed by atoms with Crippen LogP contribution in [0, 0.1) is 11.3 Å². The molecule has 0 radical (unpaired) electrons. The molecule has 0 aromatic heterocycles. The highest BCUT2D eigenvalue weighted by Crippen LogP contribution is 2.45. The predicted octanol–water partition coefficient (Wildman–Crippen LogP) is 4.42. The number of allylic oxidation sites excluding steroid dienone is 1. The van der Waals surface area contributed by atoms with Gasteiger partial charge in [0.25, 0.3) is 0 Å². The van der Waals surface area contributed by atoms with E-state index in [1.807, 2.05) is 6.08 Å². The van der Waals surface area contributed by atoms with Crippen molar-refractivity contribution in [1.29, 1.82) is 0 Å². The minimum absolute atomic E-state index is 0.193. The number of nitrogens with zero attached hydrogens (tertiary/aromatic N) is 1. The average molecular weight is 366 g/mol. The zero-order valence-electron chi connectivity index (χ0n) is 17.6. The first-order valence-electron chi connectivity index (χ1n) is 10.2. The van der Waals surface area contributed by atoms with Crippen LogP contribution in [0.2, 0.25) is 0 Å². The first kappa shape index (κ1) is 21.6. The van der Waals surface area contributed by atoms with Gasteiger partial charge in [-0.1, -0.05) is 45.4 Å². The van der Waals surface area contributed by atoms with Crippen LogP contribution in [-0.4, -0.2) is 56.7 Å². The van der Waals surface area contributed by atoms with Crippen LogP contribution in [0.4, 0.5) is 0 Å². The normalized spacial score (nSPS) is 26.7. The molecule has 1 aliphatic carbocycles. The fraction of sp³-hybridized carbons (Fsp3) is 0.818. The van der Waals surface area contributed by atoms with Crippen molar-refractivity contribution in [2.45, 2.75) is 65.3 Å². The molecule has 2 unspecified atom stereocenters. The van der Waals surface area contributed by atoms with Crippen molar-refractivity contribution >= 4 is 0 Å². The van der Waals surface area contributed by atoms with Crippen LogP contribution in [0.1, 0.15) is 53.4 Å². The van der Waals surface area contributed by atoms with Gasteiger partial charge in [0.05, 0.1) is 19.3 Å². The molecular weight excluding hydrogens is 326 g/mol. The molecule has 1 spiro atoms. The third-order valence-electron chi connectivity index (χ3n) is 6.39. The summed E-state index contributed by atoms with van der Waals surface area (Å²) in [4.78, 5) is 2.36. The molecule has 2 atom stereocenters. The Morgan fingerprint density at radius 3 is 2.77 bits per heavy atom. The van der Waals surface area contributed by atoms with Gasteiger partial charge in [0.15, 0.2) is 5.79 Å². The van der Waals surface area contributed by atoms with Gasteiger partial charge in [0.1, 0.15) is 0 Å². The minimum Gasteiger partial charge on any atom is -0.383 e. The highest BCUT2D eigenvalue weighted by atomic mass is 16.7. The third-order valence-corrected chi connectivity index (χ3v) is 6.39. The minimum atomic E-state index is -0.378. The zero-order valence-corrected chi connectivity index (χ0v) is 17.6. The fourth-order valence-electron chi connectivity index (χ4n) is 3.78. The summed E-state index contributed by atoms with van der Waals surface area (Å²) in [6.45, 7) is 17.4. The van der Waals surface area contributed by atoms with Crippen molar-refractivity contribution in [3.8, 4) is 0 Å². The molecule has 150 valence electrons. The van der Waals surface area contributed by atoms with E-state index in [1.165, 1.54) is 0 Å². The molecule has 26 heavy (non-hydrogen) atoms. The summed E-state index contributed by atoms with van der Waals surface area (Å²) in [6.07, 6.45) is 8.46. The van der Waals surface area contributed by atoms with E-state index in [-0.39, 0.29) is 17.3 Å². The molecule has 0 aromatic rings. The van der Waals surface area contributed by atoms with Crippen LogP contribution < -0.4 is 0 Å². The molecule has 0 N–H and O–H groups in total. The Labute approximate surface area is 160 Å². The molecule has 1 aliphatic heterocycles. The summed E-state index contributed by atoms with van der Waals surface area (Å²) in [5, 5.41) is 0. The van der Waals surface area contributed by atoms with Crippen molar-refractivity contribution < 1.29 is 14.2 Å². The van der Waals surface area contributed by atoms with Crippen LogP contribution in [0.5, 0.6) is 0 Å². The molecule has 2 aliphatic rings. The summed E-state index contributed by atoms with van der Waals surface area (Å²) in [5.41, 5.74) is 1.82. The van der Waals surface area contributed by atoms with Gasteiger partial charge in [-0.15, -0.1) is 6.58 Å². The number of hydrogen-bond acceptors (Lipinski definition) is 4. The molecule has 4 heteroatoms. The predicted molar refractivity (Wildman–Crippen MR) is 107 cm³/mol. The maximum absolute atomic E-state index is 6.39. The SMILES string of the molecule is C=CCN(CCOC)CCC1COC2(CC=C(C(C)(C)C(C)C)CC2)O1. The maximum Gasteiger partial charge on any atom is 0.172 e. The first-order chi connectivity index (χ1) is 12.3. The van der Waals surface area contributed by atoms with Crippen molar-refractivity contribution in [3.63, 3.8) is 0 Å². The summed E-state index contributed by atoms with van der Waals surface area (Å²) in [7, 11) is 1.75. The van der Waals surface area contributed by atoms with Crippen LogP contribution in [0.25, 0.3) is 0 Å². The van der Waals surface area contributed by atoms with Gasteiger partial charge >= 0.3 is 0 Å². The number of rotatable bonds is 10. The fourth-order valence-corrected chi connectivity index (χ4v) is 3.78. The highest BCUT2D eigenvalue weighted by Gasteiger charge is 2.43. The summed E-state index contributed by atoms with van der Waals surface area (Å²) in [6, 6.07) is 0. The van der Waals surface area contributed by atoms with Gasteiger partial charge < -0.3 is 14.2 Å². The Morgan fingerprint density at radius 2 is 2.19 bits per heavy atom. The topological polar surface area (TPSA) is 30.9 Å². The van der Waals surface area contributed by atoms with Gasteiger partial charge in [-0.05, 0) is 24.2 Å². The van der Waals surface area contributed by atoms with Crippen molar-refractivity contribution in [3.05, 3.63) is 24.3 Å². The highest BCUT2D eigenvalue weighted by molar-refractivity contribution is 5.18. The van der Waals surface area contributed by atoms with Crippen LogP contribution in [0.15, 0.2) is 24.3 Å². The first-order valence-corrected chi connectivity index (χ1v) is 10.2. The zero-order chi connectivity index (χ0) is 19.2. The molecule has 0 amide bonds. The third kappa shape index (κ3) is 5.41. The molecule has 0 aromatic carbocycles. The lowest BCUT2D eigenvalue weighted by molar-refractivity contribution is -0.174. The van der Waals surface area contributed by atoms with Crippen LogP contribution >= 0.6 is 0 Å². The maximum atomic E-state index is 6.39. The van der Waals surface area contributed by atoms with Gasteiger partial charge in [-0.25, -0.2) is 0 Å². The Balaban J connectivity index is 1.84. The summed E-state index contributed by atoms with van der Waals surface area (Å²) < 4.78 is 17.7. The summed E-state index contributed by atoms with van der Waals surface area (Å²) >= 11 is 0. The van der Waals surface area contributed by atoms with E-state index in [9.17, 15) is 0 Å². The molecule has 1 saturated heterocycles. The average Bonchev–Trinajstić information content (AvgIpc) is 3.00. The van der Waals surface area contributed by atoms with Crippen molar-refractivity contribution in [1.82, 2.24) is 4.90 Å². The van der Waals surface area contributed by atoms with Crippen LogP contribution in [-0.2, 0) is 14.2 Å². The molecule has 0 bridgehead atoms. The van der Waals surface area contributed by atoms with E-state index in [1.54, 1.807) is 12.7 Å². The molecule has 1 fully saturated rings. The van der Waals surface area contributed by atoms with E-state index < -0.39 is 0 Å². The van der Waals surface area contributed by atoms with Crippen LogP contribution in [0.3, 0.4) is 0 Å². The van der Waals surface area contributed by atoms with E-state index >= 15 is 0 Å².